The van der Waals surface area contributed by atoms with Gasteiger partial charge in [0.1, 0.15) is 0 Å². The molecular weight excluding hydrogens is 178 g/mol. The van der Waals surface area contributed by atoms with Crippen molar-refractivity contribution in [3.63, 3.8) is 0 Å². The zero-order valence-corrected chi connectivity index (χ0v) is 9.95. The van der Waals surface area contributed by atoms with Crippen molar-refractivity contribution in [2.24, 2.45) is 10.7 Å². The minimum absolute atomic E-state index is 0.235. The molecule has 0 spiro atoms. The molecule has 1 unspecified atom stereocenters. The van der Waals surface area contributed by atoms with E-state index in [0.29, 0.717) is 12.6 Å². The summed E-state index contributed by atoms with van der Waals surface area (Å²) in [5.41, 5.74) is 5.88. The molecule has 0 bridgehead atoms. The molecule has 14 heavy (non-hydrogen) atoms. The standard InChI is InChI=1S/C10H23N3O/c1-6-13(9(4)7-14-5)10(11)12-8(2)3/h8-9H,6-7H2,1-5H3,(H2,11,12). The Bertz CT molecular complexity index is 180. The summed E-state index contributed by atoms with van der Waals surface area (Å²) in [6, 6.07) is 0.506. The smallest absolute Gasteiger partial charge is 0.191 e. The van der Waals surface area contributed by atoms with Gasteiger partial charge in [-0.05, 0) is 27.7 Å². The number of methoxy groups -OCH3 is 1. The SMILES string of the molecule is CCN(C(N)=NC(C)C)C(C)COC. The molecule has 4 heteroatoms. The van der Waals surface area contributed by atoms with Crippen LogP contribution in [0.25, 0.3) is 0 Å². The molecule has 4 nitrogen and oxygen atoms in total. The maximum absolute atomic E-state index is 5.88. The molecule has 0 aromatic rings. The van der Waals surface area contributed by atoms with Gasteiger partial charge in [0, 0.05) is 19.7 Å². The van der Waals surface area contributed by atoms with Gasteiger partial charge >= 0.3 is 0 Å². The summed E-state index contributed by atoms with van der Waals surface area (Å²) in [6.45, 7) is 9.70. The van der Waals surface area contributed by atoms with Crippen LogP contribution in [0.15, 0.2) is 4.99 Å². The van der Waals surface area contributed by atoms with Crippen LogP contribution in [0.5, 0.6) is 0 Å². The number of hydrogen-bond acceptors (Lipinski definition) is 2. The van der Waals surface area contributed by atoms with E-state index in [1.54, 1.807) is 7.11 Å². The Morgan fingerprint density at radius 1 is 1.43 bits per heavy atom. The van der Waals surface area contributed by atoms with E-state index in [9.17, 15) is 0 Å². The first-order chi connectivity index (χ1) is 6.52. The molecule has 0 heterocycles. The Balaban J connectivity index is 4.38. The van der Waals surface area contributed by atoms with E-state index in [-0.39, 0.29) is 12.1 Å². The maximum atomic E-state index is 5.88. The normalized spacial score (nSPS) is 14.6. The molecule has 0 saturated carbocycles. The lowest BCUT2D eigenvalue weighted by Gasteiger charge is -2.28. The Labute approximate surface area is 87.1 Å². The molecular formula is C10H23N3O. The monoisotopic (exact) mass is 201 g/mol. The van der Waals surface area contributed by atoms with Gasteiger partial charge in [0.2, 0.25) is 0 Å². The molecule has 0 rings (SSSR count). The summed E-state index contributed by atoms with van der Waals surface area (Å²) in [5.74, 6) is 0.604. The number of likely N-dealkylation sites (N-methyl/N-ethyl adjacent to an activating group) is 1. The lowest BCUT2D eigenvalue weighted by atomic mass is 10.3. The Morgan fingerprint density at radius 2 is 2.00 bits per heavy atom. The van der Waals surface area contributed by atoms with E-state index in [1.807, 2.05) is 18.7 Å². The molecule has 0 radical (unpaired) electrons. The van der Waals surface area contributed by atoms with Crippen molar-refractivity contribution in [1.29, 1.82) is 0 Å². The summed E-state index contributed by atoms with van der Waals surface area (Å²) >= 11 is 0. The fourth-order valence-electron chi connectivity index (χ4n) is 1.37. The van der Waals surface area contributed by atoms with Crippen LogP contribution in [0.2, 0.25) is 0 Å². The van der Waals surface area contributed by atoms with Gasteiger partial charge in [-0.2, -0.15) is 0 Å². The zero-order chi connectivity index (χ0) is 11.1. The van der Waals surface area contributed by atoms with Gasteiger partial charge in [0.15, 0.2) is 5.96 Å². The van der Waals surface area contributed by atoms with E-state index < -0.39 is 0 Å². The van der Waals surface area contributed by atoms with Crippen LogP contribution >= 0.6 is 0 Å². The molecule has 0 aliphatic carbocycles. The molecule has 2 N–H and O–H groups in total. The molecule has 0 aliphatic heterocycles. The Hall–Kier alpha value is -0.770. The van der Waals surface area contributed by atoms with Crippen LogP contribution in [-0.4, -0.2) is 43.2 Å². The molecule has 0 aliphatic rings. The van der Waals surface area contributed by atoms with Crippen LogP contribution in [0.4, 0.5) is 0 Å². The van der Waals surface area contributed by atoms with Crippen molar-refractivity contribution >= 4 is 5.96 Å². The summed E-state index contributed by atoms with van der Waals surface area (Å²) in [4.78, 5) is 6.36. The van der Waals surface area contributed by atoms with Gasteiger partial charge in [-0.1, -0.05) is 0 Å². The first-order valence-corrected chi connectivity index (χ1v) is 5.11. The third-order valence-electron chi connectivity index (χ3n) is 1.97. The van der Waals surface area contributed by atoms with Crippen LogP contribution in [0, 0.1) is 0 Å². The molecule has 0 saturated heterocycles. The predicted molar refractivity (Wildman–Crippen MR) is 60.5 cm³/mol. The molecule has 84 valence electrons. The second-order valence-corrected chi connectivity index (χ2v) is 3.67. The van der Waals surface area contributed by atoms with Crippen LogP contribution < -0.4 is 5.73 Å². The third kappa shape index (κ3) is 4.46. The van der Waals surface area contributed by atoms with Crippen molar-refractivity contribution in [3.8, 4) is 0 Å². The van der Waals surface area contributed by atoms with E-state index in [0.717, 1.165) is 6.54 Å². The quantitative estimate of drug-likeness (QED) is 0.534. The molecule has 0 aromatic carbocycles. The van der Waals surface area contributed by atoms with Gasteiger partial charge in [0.05, 0.1) is 12.6 Å². The average Bonchev–Trinajstić information content (AvgIpc) is 2.04. The van der Waals surface area contributed by atoms with Crippen molar-refractivity contribution in [3.05, 3.63) is 0 Å². The lowest BCUT2D eigenvalue weighted by molar-refractivity contribution is 0.137. The van der Waals surface area contributed by atoms with Crippen molar-refractivity contribution in [2.45, 2.75) is 39.8 Å². The van der Waals surface area contributed by atoms with E-state index in [2.05, 4.69) is 18.8 Å². The van der Waals surface area contributed by atoms with Crippen LogP contribution in [-0.2, 0) is 4.74 Å². The average molecular weight is 201 g/mol. The Kier molecular flexibility index (Phi) is 6.28. The Morgan fingerprint density at radius 3 is 2.36 bits per heavy atom. The van der Waals surface area contributed by atoms with Crippen LogP contribution in [0.1, 0.15) is 27.7 Å². The minimum Gasteiger partial charge on any atom is -0.383 e. The molecule has 0 aromatic heterocycles. The second kappa shape index (κ2) is 6.65. The highest BCUT2D eigenvalue weighted by molar-refractivity contribution is 5.78. The number of nitrogens with zero attached hydrogens (tertiary/aromatic N) is 2. The van der Waals surface area contributed by atoms with Gasteiger partial charge in [-0.3, -0.25) is 4.99 Å². The van der Waals surface area contributed by atoms with Gasteiger partial charge in [-0.15, -0.1) is 0 Å². The number of hydrogen-bond donors (Lipinski definition) is 1. The number of guanidine groups is 1. The second-order valence-electron chi connectivity index (χ2n) is 3.67. The topological polar surface area (TPSA) is 50.8 Å². The van der Waals surface area contributed by atoms with Crippen LogP contribution in [0.3, 0.4) is 0 Å². The van der Waals surface area contributed by atoms with E-state index >= 15 is 0 Å². The summed E-state index contributed by atoms with van der Waals surface area (Å²) in [7, 11) is 1.69. The largest absolute Gasteiger partial charge is 0.383 e. The third-order valence-corrected chi connectivity index (χ3v) is 1.97. The van der Waals surface area contributed by atoms with Gasteiger partial charge in [0.25, 0.3) is 0 Å². The first kappa shape index (κ1) is 13.2. The lowest BCUT2D eigenvalue weighted by Crippen LogP contribution is -2.45. The van der Waals surface area contributed by atoms with Gasteiger partial charge < -0.3 is 15.4 Å². The highest BCUT2D eigenvalue weighted by Crippen LogP contribution is 2.00. The summed E-state index contributed by atoms with van der Waals surface area (Å²) in [5, 5.41) is 0. The van der Waals surface area contributed by atoms with Crippen molar-refractivity contribution < 1.29 is 4.74 Å². The number of ether oxygens (including phenoxy) is 1. The van der Waals surface area contributed by atoms with E-state index in [4.69, 9.17) is 10.5 Å². The summed E-state index contributed by atoms with van der Waals surface area (Å²) < 4.78 is 5.09. The number of rotatable bonds is 5. The van der Waals surface area contributed by atoms with E-state index in [1.165, 1.54) is 0 Å². The molecule has 0 fully saturated rings. The fraction of sp³-hybridized carbons (Fsp3) is 0.900. The highest BCUT2D eigenvalue weighted by atomic mass is 16.5. The van der Waals surface area contributed by atoms with Gasteiger partial charge in [-0.25, -0.2) is 0 Å². The molecule has 1 atom stereocenters. The minimum atomic E-state index is 0.235. The highest BCUT2D eigenvalue weighted by Gasteiger charge is 2.13. The fourth-order valence-corrected chi connectivity index (χ4v) is 1.37. The molecule has 0 amide bonds. The maximum Gasteiger partial charge on any atom is 0.191 e. The predicted octanol–water partition coefficient (Wildman–Crippen LogP) is 1.07. The van der Waals surface area contributed by atoms with Crippen molar-refractivity contribution in [2.75, 3.05) is 20.3 Å². The number of aliphatic imine (C=N–C) groups is 1. The zero-order valence-electron chi connectivity index (χ0n) is 9.95. The number of nitrogens with two attached hydrogens (primary N) is 1. The van der Waals surface area contributed by atoms with Crippen molar-refractivity contribution in [1.82, 2.24) is 4.90 Å². The summed E-state index contributed by atoms with van der Waals surface area (Å²) in [6.07, 6.45) is 0. The first-order valence-electron chi connectivity index (χ1n) is 5.11.